The van der Waals surface area contributed by atoms with Gasteiger partial charge in [0, 0.05) is 33.1 Å². The normalized spacial score (nSPS) is 23.4. The molecule has 5 heteroatoms. The van der Waals surface area contributed by atoms with Crippen LogP contribution in [0.4, 0.5) is 0 Å². The van der Waals surface area contributed by atoms with Gasteiger partial charge in [0.25, 0.3) is 0 Å². The Morgan fingerprint density at radius 1 is 1.71 bits per heavy atom. The zero-order chi connectivity index (χ0) is 10.4. The smallest absolute Gasteiger partial charge is 0.216 e. The SMILES string of the molecule is CC(=O)NCCN1CCOC(CO)C1. The first-order chi connectivity index (χ1) is 6.72. The summed E-state index contributed by atoms with van der Waals surface area (Å²) in [6.07, 6.45) is -0.0684. The molecular formula is C9H18N2O3. The molecule has 2 N–H and O–H groups in total. The molecule has 0 aromatic rings. The van der Waals surface area contributed by atoms with Crippen LogP contribution >= 0.6 is 0 Å². The van der Waals surface area contributed by atoms with Crippen LogP contribution in [0.2, 0.25) is 0 Å². The van der Waals surface area contributed by atoms with Gasteiger partial charge in [0.1, 0.15) is 0 Å². The molecule has 0 bridgehead atoms. The second kappa shape index (κ2) is 5.95. The van der Waals surface area contributed by atoms with Crippen LogP contribution in [0.1, 0.15) is 6.92 Å². The number of aliphatic hydroxyl groups is 1. The number of nitrogens with zero attached hydrogens (tertiary/aromatic N) is 1. The molecule has 0 aromatic carbocycles. The minimum atomic E-state index is -0.0684. The largest absolute Gasteiger partial charge is 0.394 e. The molecule has 1 amide bonds. The number of morpholine rings is 1. The monoisotopic (exact) mass is 202 g/mol. The van der Waals surface area contributed by atoms with Crippen molar-refractivity contribution in [3.8, 4) is 0 Å². The molecule has 1 saturated heterocycles. The van der Waals surface area contributed by atoms with Crippen LogP contribution in [0.15, 0.2) is 0 Å². The molecule has 1 aliphatic rings. The quantitative estimate of drug-likeness (QED) is 0.602. The average molecular weight is 202 g/mol. The van der Waals surface area contributed by atoms with Gasteiger partial charge in [-0.05, 0) is 0 Å². The molecule has 0 saturated carbocycles. The molecule has 1 rings (SSSR count). The first-order valence-corrected chi connectivity index (χ1v) is 4.91. The zero-order valence-corrected chi connectivity index (χ0v) is 8.53. The van der Waals surface area contributed by atoms with E-state index in [1.54, 1.807) is 0 Å². The predicted octanol–water partition coefficient (Wildman–Crippen LogP) is -1.18. The van der Waals surface area contributed by atoms with E-state index in [9.17, 15) is 4.79 Å². The lowest BCUT2D eigenvalue weighted by Gasteiger charge is -2.31. The van der Waals surface area contributed by atoms with Crippen molar-refractivity contribution in [3.05, 3.63) is 0 Å². The van der Waals surface area contributed by atoms with E-state index in [0.717, 1.165) is 19.6 Å². The molecule has 82 valence electrons. The van der Waals surface area contributed by atoms with Crippen molar-refractivity contribution < 1.29 is 14.6 Å². The van der Waals surface area contributed by atoms with Crippen molar-refractivity contribution in [2.75, 3.05) is 39.4 Å². The van der Waals surface area contributed by atoms with Crippen LogP contribution in [0.5, 0.6) is 0 Å². The van der Waals surface area contributed by atoms with Crippen molar-refractivity contribution in [2.45, 2.75) is 13.0 Å². The minimum absolute atomic E-state index is 0.00281. The number of hydrogen-bond acceptors (Lipinski definition) is 4. The Balaban J connectivity index is 2.14. The number of amides is 1. The number of aliphatic hydroxyl groups excluding tert-OH is 1. The van der Waals surface area contributed by atoms with Crippen molar-refractivity contribution in [1.82, 2.24) is 10.2 Å². The predicted molar refractivity (Wildman–Crippen MR) is 51.9 cm³/mol. The molecule has 0 radical (unpaired) electrons. The molecule has 1 unspecified atom stereocenters. The summed E-state index contributed by atoms with van der Waals surface area (Å²) < 4.78 is 5.31. The first kappa shape index (κ1) is 11.4. The standard InChI is InChI=1S/C9H18N2O3/c1-8(13)10-2-3-11-4-5-14-9(6-11)7-12/h9,12H,2-7H2,1H3,(H,10,13). The van der Waals surface area contributed by atoms with E-state index in [2.05, 4.69) is 10.2 Å². The molecule has 0 spiro atoms. The van der Waals surface area contributed by atoms with E-state index in [4.69, 9.17) is 9.84 Å². The summed E-state index contributed by atoms with van der Waals surface area (Å²) in [6.45, 7) is 5.33. The van der Waals surface area contributed by atoms with Gasteiger partial charge in [-0.2, -0.15) is 0 Å². The summed E-state index contributed by atoms with van der Waals surface area (Å²) in [5.41, 5.74) is 0. The fourth-order valence-electron chi connectivity index (χ4n) is 1.48. The molecule has 1 heterocycles. The second-order valence-corrected chi connectivity index (χ2v) is 3.46. The van der Waals surface area contributed by atoms with Gasteiger partial charge in [0.15, 0.2) is 0 Å². The lowest BCUT2D eigenvalue weighted by molar-refractivity contribution is -0.119. The van der Waals surface area contributed by atoms with Gasteiger partial charge in [0.05, 0.1) is 19.3 Å². The third-order valence-corrected chi connectivity index (χ3v) is 2.23. The van der Waals surface area contributed by atoms with Crippen LogP contribution in [0.25, 0.3) is 0 Å². The maximum Gasteiger partial charge on any atom is 0.216 e. The molecule has 1 aliphatic heterocycles. The minimum Gasteiger partial charge on any atom is -0.394 e. The Labute approximate surface area is 84.0 Å². The van der Waals surface area contributed by atoms with Crippen LogP contribution in [0.3, 0.4) is 0 Å². The summed E-state index contributed by atoms with van der Waals surface area (Å²) in [5, 5.41) is 11.6. The summed E-state index contributed by atoms with van der Waals surface area (Å²) in [4.78, 5) is 12.8. The van der Waals surface area contributed by atoms with Gasteiger partial charge < -0.3 is 15.2 Å². The topological polar surface area (TPSA) is 61.8 Å². The van der Waals surface area contributed by atoms with Gasteiger partial charge in [-0.15, -0.1) is 0 Å². The highest BCUT2D eigenvalue weighted by atomic mass is 16.5. The highest BCUT2D eigenvalue weighted by Crippen LogP contribution is 2.03. The fraction of sp³-hybridized carbons (Fsp3) is 0.889. The maximum atomic E-state index is 10.6. The number of carbonyl (C=O) groups is 1. The Bertz CT molecular complexity index is 187. The van der Waals surface area contributed by atoms with Crippen molar-refractivity contribution in [2.24, 2.45) is 0 Å². The number of nitrogens with one attached hydrogen (secondary N) is 1. The van der Waals surface area contributed by atoms with E-state index in [0.29, 0.717) is 13.2 Å². The van der Waals surface area contributed by atoms with Crippen LogP contribution in [-0.4, -0.2) is 61.4 Å². The Hall–Kier alpha value is -0.650. The molecular weight excluding hydrogens is 184 g/mol. The van der Waals surface area contributed by atoms with Crippen molar-refractivity contribution >= 4 is 5.91 Å². The van der Waals surface area contributed by atoms with Crippen LogP contribution in [0, 0.1) is 0 Å². The summed E-state index contributed by atoms with van der Waals surface area (Å²) in [6, 6.07) is 0. The number of hydrogen-bond donors (Lipinski definition) is 2. The van der Waals surface area contributed by atoms with E-state index in [1.807, 2.05) is 0 Å². The van der Waals surface area contributed by atoms with Crippen molar-refractivity contribution in [1.29, 1.82) is 0 Å². The third kappa shape index (κ3) is 4.04. The molecule has 1 atom stereocenters. The molecule has 5 nitrogen and oxygen atoms in total. The van der Waals surface area contributed by atoms with E-state index < -0.39 is 0 Å². The molecule has 1 fully saturated rings. The highest BCUT2D eigenvalue weighted by Gasteiger charge is 2.18. The van der Waals surface area contributed by atoms with Crippen LogP contribution in [-0.2, 0) is 9.53 Å². The van der Waals surface area contributed by atoms with E-state index >= 15 is 0 Å². The summed E-state index contributed by atoms with van der Waals surface area (Å²) in [7, 11) is 0. The average Bonchev–Trinajstić information content (AvgIpc) is 2.18. The van der Waals surface area contributed by atoms with Gasteiger partial charge in [-0.3, -0.25) is 9.69 Å². The maximum absolute atomic E-state index is 10.6. The molecule has 0 aliphatic carbocycles. The lowest BCUT2D eigenvalue weighted by Crippen LogP contribution is -2.46. The molecule has 0 aromatic heterocycles. The van der Waals surface area contributed by atoms with Gasteiger partial charge >= 0.3 is 0 Å². The van der Waals surface area contributed by atoms with E-state index in [-0.39, 0.29) is 18.6 Å². The van der Waals surface area contributed by atoms with Crippen molar-refractivity contribution in [3.63, 3.8) is 0 Å². The highest BCUT2D eigenvalue weighted by molar-refractivity contribution is 5.72. The second-order valence-electron chi connectivity index (χ2n) is 3.46. The third-order valence-electron chi connectivity index (χ3n) is 2.23. The zero-order valence-electron chi connectivity index (χ0n) is 8.53. The summed E-state index contributed by atoms with van der Waals surface area (Å²) in [5.74, 6) is -0.00281. The van der Waals surface area contributed by atoms with Crippen LogP contribution < -0.4 is 5.32 Å². The Morgan fingerprint density at radius 2 is 2.50 bits per heavy atom. The van der Waals surface area contributed by atoms with Gasteiger partial charge in [-0.25, -0.2) is 0 Å². The van der Waals surface area contributed by atoms with Gasteiger partial charge in [0.2, 0.25) is 5.91 Å². The molecule has 14 heavy (non-hydrogen) atoms. The number of rotatable bonds is 4. The Kier molecular flexibility index (Phi) is 4.86. The Morgan fingerprint density at radius 3 is 3.14 bits per heavy atom. The fourth-order valence-corrected chi connectivity index (χ4v) is 1.48. The lowest BCUT2D eigenvalue weighted by atomic mass is 10.3. The van der Waals surface area contributed by atoms with E-state index in [1.165, 1.54) is 6.92 Å². The van der Waals surface area contributed by atoms with Gasteiger partial charge in [-0.1, -0.05) is 0 Å². The number of carbonyl (C=O) groups excluding carboxylic acids is 1. The first-order valence-electron chi connectivity index (χ1n) is 4.91. The summed E-state index contributed by atoms with van der Waals surface area (Å²) >= 11 is 0. The number of ether oxygens (including phenoxy) is 1.